The van der Waals surface area contributed by atoms with Gasteiger partial charge in [-0.3, -0.25) is 0 Å². The minimum absolute atomic E-state index is 0. The van der Waals surface area contributed by atoms with Crippen molar-refractivity contribution < 1.29 is 28.4 Å². The van der Waals surface area contributed by atoms with Gasteiger partial charge in [0.25, 0.3) is 0 Å². The smallest absolute Gasteiger partial charge is 0.867 e. The molecule has 0 aromatic rings. The summed E-state index contributed by atoms with van der Waals surface area (Å²) in [7, 11) is 0. The summed E-state index contributed by atoms with van der Waals surface area (Å²) in [5.74, 6) is 0. The summed E-state index contributed by atoms with van der Waals surface area (Å²) in [6.07, 6.45) is 0.379. The Kier molecular flexibility index (Phi) is 9.30. The minimum Gasteiger partial charge on any atom is -0.867 e. The van der Waals surface area contributed by atoms with E-state index in [0.29, 0.717) is 0 Å². The maximum atomic E-state index is 12.2. The minimum atomic E-state index is -1.09. The quantitative estimate of drug-likeness (QED) is 0.265. The Hall–Kier alpha value is 0.157. The van der Waals surface area contributed by atoms with E-state index in [0.717, 1.165) is 6.08 Å². The number of rotatable bonds is 4. The molecule has 0 saturated carbocycles. The van der Waals surface area contributed by atoms with Crippen molar-refractivity contribution in [1.29, 1.82) is 0 Å². The predicted octanol–water partition coefficient (Wildman–Crippen LogP) is -2.02. The fourth-order valence-corrected chi connectivity index (χ4v) is 0.491. The molecule has 0 rings (SSSR count). The Balaban J connectivity index is 0. The van der Waals surface area contributed by atoms with Crippen molar-refractivity contribution in [2.45, 2.75) is 19.0 Å². The molecular formula is C6H8FLiOS. The molecule has 0 aromatic heterocycles. The van der Waals surface area contributed by atoms with Gasteiger partial charge in [-0.05, 0) is 12.8 Å². The number of halogens is 1. The van der Waals surface area contributed by atoms with Crippen molar-refractivity contribution in [1.82, 2.24) is 0 Å². The maximum absolute atomic E-state index is 12.2. The molecule has 0 bridgehead atoms. The first kappa shape index (κ1) is 12.8. The third-order valence-electron chi connectivity index (χ3n) is 0.880. The second-order valence-electron chi connectivity index (χ2n) is 1.66. The van der Waals surface area contributed by atoms with Crippen LogP contribution in [0.4, 0.5) is 4.39 Å². The molecule has 0 saturated heterocycles. The van der Waals surface area contributed by atoms with Crippen LogP contribution in [-0.4, -0.2) is 11.2 Å². The topological polar surface area (TPSA) is 23.1 Å². The fraction of sp³-hybridized carbons (Fsp3) is 0.500. The summed E-state index contributed by atoms with van der Waals surface area (Å²) in [6.45, 7) is 3.22. The molecule has 0 fully saturated rings. The molecule has 0 aliphatic rings. The largest absolute Gasteiger partial charge is 1.00 e. The zero-order valence-electron chi connectivity index (χ0n) is 5.97. The second kappa shape index (κ2) is 7.27. The molecule has 52 valence electrons. The molecule has 0 radical (unpaired) electrons. The van der Waals surface area contributed by atoms with Crippen LogP contribution in [0.15, 0.2) is 12.7 Å². The molecule has 0 aliphatic heterocycles. The summed E-state index contributed by atoms with van der Waals surface area (Å²) in [5, 5.41) is 9.69. The first-order valence-electron chi connectivity index (χ1n) is 2.63. The molecule has 4 heteroatoms. The van der Waals surface area contributed by atoms with E-state index in [1.165, 1.54) is 0 Å². The van der Waals surface area contributed by atoms with Crippen LogP contribution >= 0.6 is 12.2 Å². The van der Waals surface area contributed by atoms with Crippen molar-refractivity contribution in [3.8, 4) is 0 Å². The van der Waals surface area contributed by atoms with Crippen LogP contribution in [0.1, 0.15) is 12.8 Å². The molecule has 1 nitrogen and oxygen atoms in total. The van der Waals surface area contributed by atoms with Gasteiger partial charge in [0, 0.05) is 0 Å². The van der Waals surface area contributed by atoms with Crippen LogP contribution in [0, 0.1) is 0 Å². The summed E-state index contributed by atoms with van der Waals surface area (Å²) in [6, 6.07) is 0. The average Bonchev–Trinajstić information content (AvgIpc) is 1.83. The molecule has 0 spiro atoms. The van der Waals surface area contributed by atoms with E-state index in [4.69, 9.17) is 0 Å². The van der Waals surface area contributed by atoms with Gasteiger partial charge in [0.1, 0.15) is 6.17 Å². The number of hydrogen-bond donors (Lipinski definition) is 0. The Morgan fingerprint density at radius 2 is 2.30 bits per heavy atom. The van der Waals surface area contributed by atoms with Crippen molar-refractivity contribution in [3.63, 3.8) is 0 Å². The van der Waals surface area contributed by atoms with Crippen LogP contribution in [0.3, 0.4) is 0 Å². The summed E-state index contributed by atoms with van der Waals surface area (Å²) < 4.78 is 12.2. The van der Waals surface area contributed by atoms with E-state index in [9.17, 15) is 9.50 Å². The van der Waals surface area contributed by atoms with Gasteiger partial charge >= 0.3 is 18.9 Å². The van der Waals surface area contributed by atoms with E-state index in [2.05, 4.69) is 18.8 Å². The summed E-state index contributed by atoms with van der Waals surface area (Å²) >= 11 is 4.21. The van der Waals surface area contributed by atoms with E-state index >= 15 is 0 Å². The first-order chi connectivity index (χ1) is 4.16. The van der Waals surface area contributed by atoms with Crippen LogP contribution < -0.4 is 24.0 Å². The Labute approximate surface area is 77.5 Å². The molecule has 1 unspecified atom stereocenters. The Morgan fingerprint density at radius 1 is 1.80 bits per heavy atom. The SMILES string of the molecule is C=CC(F)CCC([O-])=S.[Li+]. The van der Waals surface area contributed by atoms with E-state index in [1.54, 1.807) is 0 Å². The summed E-state index contributed by atoms with van der Waals surface area (Å²) in [4.78, 5) is 0. The molecule has 0 aliphatic carbocycles. The fourth-order valence-electron chi connectivity index (χ4n) is 0.374. The first-order valence-corrected chi connectivity index (χ1v) is 3.04. The number of alkyl halides is 1. The Bertz CT molecular complexity index is 118. The monoisotopic (exact) mass is 154 g/mol. The van der Waals surface area contributed by atoms with Crippen molar-refractivity contribution >= 4 is 17.3 Å². The van der Waals surface area contributed by atoms with Crippen LogP contribution in [0.2, 0.25) is 0 Å². The van der Waals surface area contributed by atoms with E-state index < -0.39 is 6.17 Å². The number of hydrogen-bond acceptors (Lipinski definition) is 2. The van der Waals surface area contributed by atoms with Crippen molar-refractivity contribution in [2.75, 3.05) is 0 Å². The molecule has 0 heterocycles. The average molecular weight is 154 g/mol. The van der Waals surface area contributed by atoms with Crippen LogP contribution in [0.5, 0.6) is 0 Å². The number of allylic oxidation sites excluding steroid dienone is 1. The van der Waals surface area contributed by atoms with Crippen LogP contribution in [-0.2, 0) is 0 Å². The zero-order valence-corrected chi connectivity index (χ0v) is 6.79. The van der Waals surface area contributed by atoms with Gasteiger partial charge in [-0.15, -0.1) is 18.8 Å². The molecule has 10 heavy (non-hydrogen) atoms. The van der Waals surface area contributed by atoms with Crippen LogP contribution in [0.25, 0.3) is 0 Å². The molecule has 0 amide bonds. The van der Waals surface area contributed by atoms with Crippen molar-refractivity contribution in [3.05, 3.63) is 12.7 Å². The van der Waals surface area contributed by atoms with Gasteiger partial charge < -0.3 is 5.11 Å². The van der Waals surface area contributed by atoms with E-state index in [-0.39, 0.29) is 36.8 Å². The predicted molar refractivity (Wildman–Crippen MR) is 36.9 cm³/mol. The third kappa shape index (κ3) is 8.16. The standard InChI is InChI=1S/C6H9FOS.Li/c1-2-5(7)3-4-6(8)9;/h2,5H,1,3-4H2,(H,8,9);/q;+1/p-1. The van der Waals surface area contributed by atoms with Gasteiger partial charge in [0.05, 0.1) is 0 Å². The Morgan fingerprint density at radius 3 is 2.60 bits per heavy atom. The normalized spacial score (nSPS) is 11.3. The second-order valence-corrected chi connectivity index (χ2v) is 2.12. The molecule has 0 aromatic carbocycles. The van der Waals surface area contributed by atoms with Gasteiger partial charge in [-0.25, -0.2) is 4.39 Å². The van der Waals surface area contributed by atoms with Crippen molar-refractivity contribution in [2.24, 2.45) is 0 Å². The molecular weight excluding hydrogens is 146 g/mol. The molecule has 1 atom stereocenters. The maximum Gasteiger partial charge on any atom is 1.00 e. The number of thiocarbonyl (C=S) groups is 1. The van der Waals surface area contributed by atoms with Gasteiger partial charge in [-0.1, -0.05) is 11.1 Å². The summed E-state index contributed by atoms with van der Waals surface area (Å²) in [5.41, 5.74) is 0. The third-order valence-corrected chi connectivity index (χ3v) is 1.08. The van der Waals surface area contributed by atoms with Gasteiger partial charge in [-0.2, -0.15) is 0 Å². The molecule has 0 N–H and O–H groups in total. The zero-order chi connectivity index (χ0) is 7.28. The van der Waals surface area contributed by atoms with Gasteiger partial charge in [0.2, 0.25) is 0 Å². The van der Waals surface area contributed by atoms with Gasteiger partial charge in [0.15, 0.2) is 0 Å². The van der Waals surface area contributed by atoms with E-state index in [1.807, 2.05) is 0 Å².